The molecule has 12 heteroatoms. The molecule has 3 aromatic carbocycles. The van der Waals surface area contributed by atoms with Crippen LogP contribution in [0.25, 0.3) is 0 Å². The lowest BCUT2D eigenvalue weighted by Crippen LogP contribution is -2.42. The normalized spacial score (nSPS) is 20.6. The quantitative estimate of drug-likeness (QED) is 0.185. The van der Waals surface area contributed by atoms with Gasteiger partial charge in [0, 0.05) is 27.1 Å². The van der Waals surface area contributed by atoms with E-state index in [1.807, 2.05) is 31.2 Å². The minimum atomic E-state index is -4.90. The van der Waals surface area contributed by atoms with Gasteiger partial charge in [-0.3, -0.25) is 0 Å². The fraction of sp³-hybridized carbons (Fsp3) is 0.321. The summed E-state index contributed by atoms with van der Waals surface area (Å²) in [5, 5.41) is 2.67. The number of oxime groups is 1. The van der Waals surface area contributed by atoms with Crippen LogP contribution in [0.3, 0.4) is 0 Å². The number of alkyl halides is 3. The van der Waals surface area contributed by atoms with Crippen LogP contribution < -0.4 is 0 Å². The molecule has 2 atom stereocenters. The molecule has 0 amide bonds. The minimum Gasteiger partial charge on any atom is -0.374 e. The highest BCUT2D eigenvalue weighted by Gasteiger charge is 2.62. The maximum Gasteiger partial charge on any atom is 0.435 e. The van der Waals surface area contributed by atoms with Crippen molar-refractivity contribution in [3.05, 3.63) is 97.2 Å². The highest BCUT2D eigenvalue weighted by atomic mass is 79.9. The maximum atomic E-state index is 14.3. The lowest BCUT2D eigenvalue weighted by atomic mass is 9.86. The Morgan fingerprint density at radius 1 is 1.12 bits per heavy atom. The summed E-state index contributed by atoms with van der Waals surface area (Å²) in [4.78, 5) is 5.71. The molecule has 212 valence electrons. The van der Waals surface area contributed by atoms with Crippen LogP contribution in [-0.4, -0.2) is 21.8 Å². The largest absolute Gasteiger partial charge is 0.435 e. The molecule has 0 aromatic heterocycles. The summed E-state index contributed by atoms with van der Waals surface area (Å²) in [6.07, 6.45) is -3.48. The van der Waals surface area contributed by atoms with Gasteiger partial charge < -0.3 is 4.84 Å². The highest BCUT2D eigenvalue weighted by molar-refractivity contribution is 9.10. The Bertz CT molecular complexity index is 1610. The summed E-state index contributed by atoms with van der Waals surface area (Å²) >= 11 is 15.0. The minimum absolute atomic E-state index is 0.0622. The second-order valence-electron chi connectivity index (χ2n) is 10.0. The molecule has 1 saturated carbocycles. The molecule has 0 N–H and O–H groups in total. The van der Waals surface area contributed by atoms with Crippen LogP contribution in [0.5, 0.6) is 0 Å². The van der Waals surface area contributed by atoms with Crippen LogP contribution in [0.1, 0.15) is 41.5 Å². The maximum absolute atomic E-state index is 14.3. The van der Waals surface area contributed by atoms with Gasteiger partial charge in [-0.1, -0.05) is 62.5 Å². The zero-order chi connectivity index (χ0) is 28.9. The Morgan fingerprint density at radius 2 is 1.82 bits per heavy atom. The van der Waals surface area contributed by atoms with Crippen molar-refractivity contribution in [1.29, 1.82) is 0 Å². The summed E-state index contributed by atoms with van der Waals surface area (Å²) in [5.74, 6) is -0.133. The number of hydrogen-bond donors (Lipinski definition) is 0. The first-order valence-electron chi connectivity index (χ1n) is 12.3. The van der Waals surface area contributed by atoms with E-state index >= 15 is 0 Å². The van der Waals surface area contributed by atoms with Crippen molar-refractivity contribution in [2.75, 3.05) is 5.75 Å². The van der Waals surface area contributed by atoms with Gasteiger partial charge in [-0.15, -0.1) is 0 Å². The first kappa shape index (κ1) is 29.4. The molecule has 5 rings (SSSR count). The molecule has 40 heavy (non-hydrogen) atoms. The molecule has 1 aliphatic heterocycles. The van der Waals surface area contributed by atoms with Crippen LogP contribution in [0.4, 0.5) is 17.6 Å². The van der Waals surface area contributed by atoms with Gasteiger partial charge in [-0.05, 0) is 78.8 Å². The zero-order valence-corrected chi connectivity index (χ0v) is 25.0. The van der Waals surface area contributed by atoms with E-state index in [1.54, 1.807) is 18.2 Å². The topological polar surface area (TPSA) is 51.0 Å². The fourth-order valence-corrected chi connectivity index (χ4v) is 7.97. The molecule has 0 bridgehead atoms. The Kier molecular flexibility index (Phi) is 8.02. The zero-order valence-electron chi connectivity index (χ0n) is 21.1. The van der Waals surface area contributed by atoms with Gasteiger partial charge in [-0.25, -0.2) is 13.0 Å². The van der Waals surface area contributed by atoms with E-state index in [1.165, 1.54) is 0 Å². The molecular weight excluding hydrogens is 655 g/mol. The number of nitrogens with zero attached hydrogens (tertiary/aromatic N) is 2. The van der Waals surface area contributed by atoms with Crippen molar-refractivity contribution >= 4 is 54.6 Å². The summed E-state index contributed by atoms with van der Waals surface area (Å²) in [6, 6.07) is 14.1. The predicted molar refractivity (Wildman–Crippen MR) is 152 cm³/mol. The van der Waals surface area contributed by atoms with Crippen LogP contribution >= 0.6 is 39.1 Å². The molecule has 2 unspecified atom stereocenters. The summed E-state index contributed by atoms with van der Waals surface area (Å²) < 4.78 is 76.4. The molecule has 1 fully saturated rings. The Balaban J connectivity index is 1.42. The molecule has 4 nitrogen and oxygen atoms in total. The van der Waals surface area contributed by atoms with Crippen LogP contribution in [0.15, 0.2) is 73.5 Å². The van der Waals surface area contributed by atoms with E-state index < -0.39 is 49.4 Å². The van der Waals surface area contributed by atoms with E-state index in [0.717, 1.165) is 40.6 Å². The third-order valence-corrected chi connectivity index (χ3v) is 10.6. The molecular formula is C28H23BrCl2F4N2O2S. The second-order valence-corrected chi connectivity index (χ2v) is 14.1. The SMILES string of the molecule is Cc1cc(C2=NOC(c3cc(Cl)c(F)c(Cl)c3)(C(F)(F)F)C2)ccc1CN=S(=O)(CC1CC1)c1cccc(Br)c1. The van der Waals surface area contributed by atoms with Gasteiger partial charge in [0.2, 0.25) is 0 Å². The van der Waals surface area contributed by atoms with Crippen molar-refractivity contribution in [3.63, 3.8) is 0 Å². The molecule has 0 spiro atoms. The monoisotopic (exact) mass is 676 g/mol. The van der Waals surface area contributed by atoms with Gasteiger partial charge >= 0.3 is 6.18 Å². The third-order valence-electron chi connectivity index (χ3n) is 7.08. The third kappa shape index (κ3) is 5.78. The Labute approximate surface area is 248 Å². The Hall–Kier alpha value is -2.14. The van der Waals surface area contributed by atoms with Crippen LogP contribution in [0, 0.1) is 18.7 Å². The van der Waals surface area contributed by atoms with E-state index in [9.17, 15) is 21.8 Å². The summed E-state index contributed by atoms with van der Waals surface area (Å²) in [7, 11) is -2.66. The molecule has 1 heterocycles. The first-order valence-corrected chi connectivity index (χ1v) is 15.6. The van der Waals surface area contributed by atoms with E-state index in [4.69, 9.17) is 28.0 Å². The first-order chi connectivity index (χ1) is 18.8. The van der Waals surface area contributed by atoms with Gasteiger partial charge in [0.15, 0.2) is 5.82 Å². The fourth-order valence-electron chi connectivity index (χ4n) is 4.57. The lowest BCUT2D eigenvalue weighted by molar-refractivity contribution is -0.275. The standard InChI is InChI=1S/C28H23BrCl2F4N2O2S/c1-16-9-18(25-13-27(39-37-25,28(33,34)35)20-10-23(30)26(32)24(31)11-20)7-8-19(16)14-36-40(38,15-17-5-6-17)22-4-2-3-21(29)12-22/h2-4,7-12,17H,5-6,13-15H2,1H3. The molecule has 0 radical (unpaired) electrons. The molecule has 2 aliphatic rings. The number of benzene rings is 3. The molecule has 0 saturated heterocycles. The van der Waals surface area contributed by atoms with Gasteiger partial charge in [0.25, 0.3) is 5.60 Å². The number of halogens is 7. The summed E-state index contributed by atoms with van der Waals surface area (Å²) in [6.45, 7) is 2.00. The summed E-state index contributed by atoms with van der Waals surface area (Å²) in [5.41, 5.74) is -1.28. The number of aryl methyl sites for hydroxylation is 1. The second kappa shape index (κ2) is 10.9. The lowest BCUT2D eigenvalue weighted by Gasteiger charge is -2.29. The highest BCUT2D eigenvalue weighted by Crippen LogP contribution is 2.50. The van der Waals surface area contributed by atoms with Crippen molar-refractivity contribution in [2.24, 2.45) is 15.4 Å². The average Bonchev–Trinajstić information content (AvgIpc) is 3.57. The van der Waals surface area contributed by atoms with Crippen LogP contribution in [-0.2, 0) is 26.7 Å². The van der Waals surface area contributed by atoms with E-state index in [2.05, 4.69) is 25.4 Å². The van der Waals surface area contributed by atoms with E-state index in [-0.39, 0.29) is 12.3 Å². The van der Waals surface area contributed by atoms with Crippen molar-refractivity contribution in [2.45, 2.75) is 49.4 Å². The van der Waals surface area contributed by atoms with Crippen molar-refractivity contribution < 1.29 is 26.6 Å². The predicted octanol–water partition coefficient (Wildman–Crippen LogP) is 9.22. The average molecular weight is 678 g/mol. The van der Waals surface area contributed by atoms with Crippen LogP contribution in [0.2, 0.25) is 10.0 Å². The van der Waals surface area contributed by atoms with Gasteiger partial charge in [0.05, 0.1) is 32.0 Å². The Morgan fingerprint density at radius 3 is 2.42 bits per heavy atom. The van der Waals surface area contributed by atoms with Gasteiger partial charge in [-0.2, -0.15) is 13.2 Å². The van der Waals surface area contributed by atoms with Crippen molar-refractivity contribution in [1.82, 2.24) is 0 Å². The van der Waals surface area contributed by atoms with Gasteiger partial charge in [0.1, 0.15) is 0 Å². The molecule has 3 aromatic rings. The number of rotatable bonds is 7. The number of hydrogen-bond acceptors (Lipinski definition) is 4. The van der Waals surface area contributed by atoms with E-state index in [0.29, 0.717) is 22.1 Å². The van der Waals surface area contributed by atoms with Crippen molar-refractivity contribution in [3.8, 4) is 0 Å². The smallest absolute Gasteiger partial charge is 0.374 e. The molecule has 1 aliphatic carbocycles.